The summed E-state index contributed by atoms with van der Waals surface area (Å²) in [5, 5.41) is 13.1. The van der Waals surface area contributed by atoms with Crippen LogP contribution in [0, 0.1) is 19.7 Å². The number of nitrogens with one attached hydrogen (secondary N) is 1. The van der Waals surface area contributed by atoms with E-state index in [9.17, 15) is 14.0 Å². The summed E-state index contributed by atoms with van der Waals surface area (Å²) in [4.78, 5) is 23.1. The SMILES string of the molecule is Cc1ccc(C(=O)Nc2c(C)csc2C(=O)O)c(F)c1. The van der Waals surface area contributed by atoms with Gasteiger partial charge in [0.05, 0.1) is 11.3 Å². The molecule has 0 unspecified atom stereocenters. The number of carboxylic acid groups (broad SMARTS) is 1. The van der Waals surface area contributed by atoms with Crippen LogP contribution in [-0.4, -0.2) is 17.0 Å². The normalized spacial score (nSPS) is 10.3. The first-order valence-corrected chi connectivity index (χ1v) is 6.67. The van der Waals surface area contributed by atoms with Gasteiger partial charge < -0.3 is 10.4 Å². The average molecular weight is 293 g/mol. The number of anilines is 1. The number of hydrogen-bond donors (Lipinski definition) is 2. The van der Waals surface area contributed by atoms with Crippen LogP contribution in [0.4, 0.5) is 10.1 Å². The van der Waals surface area contributed by atoms with Gasteiger partial charge in [-0.25, -0.2) is 9.18 Å². The quantitative estimate of drug-likeness (QED) is 0.910. The van der Waals surface area contributed by atoms with Gasteiger partial charge in [-0.15, -0.1) is 11.3 Å². The maximum atomic E-state index is 13.7. The van der Waals surface area contributed by atoms with Crippen molar-refractivity contribution in [2.75, 3.05) is 5.32 Å². The molecule has 104 valence electrons. The lowest BCUT2D eigenvalue weighted by molar-refractivity contribution is 0.0703. The maximum absolute atomic E-state index is 13.7. The molecule has 0 radical (unpaired) electrons. The van der Waals surface area contributed by atoms with Crippen molar-refractivity contribution in [3.63, 3.8) is 0 Å². The molecule has 6 heteroatoms. The number of aryl methyl sites for hydroxylation is 2. The molecule has 1 aromatic carbocycles. The summed E-state index contributed by atoms with van der Waals surface area (Å²) >= 11 is 1.02. The van der Waals surface area contributed by atoms with Crippen molar-refractivity contribution >= 4 is 28.9 Å². The fourth-order valence-electron chi connectivity index (χ4n) is 1.74. The Kier molecular flexibility index (Phi) is 3.85. The van der Waals surface area contributed by atoms with Gasteiger partial charge in [0.25, 0.3) is 5.91 Å². The Morgan fingerprint density at radius 1 is 1.30 bits per heavy atom. The molecule has 0 aliphatic carbocycles. The highest BCUT2D eigenvalue weighted by atomic mass is 32.1. The molecule has 0 aliphatic rings. The summed E-state index contributed by atoms with van der Waals surface area (Å²) in [7, 11) is 0. The lowest BCUT2D eigenvalue weighted by Gasteiger charge is -2.07. The Morgan fingerprint density at radius 3 is 2.60 bits per heavy atom. The van der Waals surface area contributed by atoms with Crippen molar-refractivity contribution in [1.82, 2.24) is 0 Å². The highest BCUT2D eigenvalue weighted by Gasteiger charge is 2.19. The predicted molar refractivity (Wildman–Crippen MR) is 75.1 cm³/mol. The van der Waals surface area contributed by atoms with E-state index in [0.717, 1.165) is 11.3 Å². The first-order chi connectivity index (χ1) is 9.40. The van der Waals surface area contributed by atoms with E-state index in [1.165, 1.54) is 12.1 Å². The van der Waals surface area contributed by atoms with Crippen LogP contribution in [0.5, 0.6) is 0 Å². The van der Waals surface area contributed by atoms with Crippen molar-refractivity contribution in [3.05, 3.63) is 51.0 Å². The third kappa shape index (κ3) is 2.70. The van der Waals surface area contributed by atoms with Gasteiger partial charge in [0.1, 0.15) is 10.7 Å². The number of amides is 1. The topological polar surface area (TPSA) is 66.4 Å². The minimum atomic E-state index is -1.12. The number of carboxylic acids is 1. The zero-order valence-corrected chi connectivity index (χ0v) is 11.7. The molecule has 0 saturated heterocycles. The van der Waals surface area contributed by atoms with Crippen LogP contribution in [0.3, 0.4) is 0 Å². The van der Waals surface area contributed by atoms with Crippen LogP contribution < -0.4 is 5.32 Å². The van der Waals surface area contributed by atoms with Crippen molar-refractivity contribution in [1.29, 1.82) is 0 Å². The summed E-state index contributed by atoms with van der Waals surface area (Å²) in [6.45, 7) is 3.40. The Labute approximate surface area is 118 Å². The minimum Gasteiger partial charge on any atom is -0.477 e. The molecular weight excluding hydrogens is 281 g/mol. The summed E-state index contributed by atoms with van der Waals surface area (Å²) < 4.78 is 13.7. The van der Waals surface area contributed by atoms with Crippen LogP contribution in [0.1, 0.15) is 31.2 Å². The predicted octanol–water partition coefficient (Wildman–Crippen LogP) is 3.45. The van der Waals surface area contributed by atoms with Crippen LogP contribution >= 0.6 is 11.3 Å². The van der Waals surface area contributed by atoms with Gasteiger partial charge >= 0.3 is 5.97 Å². The second-order valence-corrected chi connectivity index (χ2v) is 5.25. The van der Waals surface area contributed by atoms with Gasteiger partial charge in [-0.05, 0) is 42.5 Å². The number of carbonyl (C=O) groups is 2. The summed E-state index contributed by atoms with van der Waals surface area (Å²) in [5.41, 5.74) is 1.44. The minimum absolute atomic E-state index is 0.0309. The molecule has 2 N–H and O–H groups in total. The number of carbonyl (C=O) groups excluding carboxylic acids is 1. The molecule has 1 heterocycles. The van der Waals surface area contributed by atoms with E-state index < -0.39 is 17.7 Å². The van der Waals surface area contributed by atoms with E-state index in [-0.39, 0.29) is 16.1 Å². The Morgan fingerprint density at radius 2 is 2.00 bits per heavy atom. The van der Waals surface area contributed by atoms with Crippen molar-refractivity contribution in [2.45, 2.75) is 13.8 Å². The first kappa shape index (κ1) is 14.2. The lowest BCUT2D eigenvalue weighted by atomic mass is 10.1. The molecule has 2 aromatic rings. The fourth-order valence-corrected chi connectivity index (χ4v) is 2.59. The molecule has 2 rings (SSSR count). The summed E-state index contributed by atoms with van der Waals surface area (Å²) in [6, 6.07) is 4.26. The van der Waals surface area contributed by atoms with Gasteiger partial charge in [-0.1, -0.05) is 6.07 Å². The van der Waals surface area contributed by atoms with E-state index in [4.69, 9.17) is 5.11 Å². The molecule has 1 amide bonds. The zero-order chi connectivity index (χ0) is 14.9. The van der Waals surface area contributed by atoms with E-state index in [2.05, 4.69) is 5.32 Å². The van der Waals surface area contributed by atoms with Crippen LogP contribution in [0.15, 0.2) is 23.6 Å². The van der Waals surface area contributed by atoms with Crippen molar-refractivity contribution < 1.29 is 19.1 Å². The molecule has 0 aliphatic heterocycles. The largest absolute Gasteiger partial charge is 0.477 e. The number of benzene rings is 1. The number of rotatable bonds is 3. The second kappa shape index (κ2) is 5.42. The summed E-state index contributed by atoms with van der Waals surface area (Å²) in [6.07, 6.45) is 0. The molecule has 0 bridgehead atoms. The van der Waals surface area contributed by atoms with E-state index >= 15 is 0 Å². The van der Waals surface area contributed by atoms with Gasteiger partial charge in [-0.2, -0.15) is 0 Å². The van der Waals surface area contributed by atoms with Crippen molar-refractivity contribution in [2.24, 2.45) is 0 Å². The smallest absolute Gasteiger partial charge is 0.348 e. The van der Waals surface area contributed by atoms with Gasteiger partial charge in [-0.3, -0.25) is 4.79 Å². The molecule has 0 atom stereocenters. The van der Waals surface area contributed by atoms with Crippen molar-refractivity contribution in [3.8, 4) is 0 Å². The molecule has 20 heavy (non-hydrogen) atoms. The molecule has 1 aromatic heterocycles. The Bertz CT molecular complexity index is 694. The highest BCUT2D eigenvalue weighted by molar-refractivity contribution is 7.12. The number of aromatic carboxylic acids is 1. The average Bonchev–Trinajstić information content (AvgIpc) is 2.71. The maximum Gasteiger partial charge on any atom is 0.348 e. The molecular formula is C14H12FNO3S. The standard InChI is InChI=1S/C14H12FNO3S/c1-7-3-4-9(10(15)5-7)13(17)16-11-8(2)6-20-12(11)14(18)19/h3-6H,1-2H3,(H,16,17)(H,18,19). The summed E-state index contributed by atoms with van der Waals surface area (Å²) in [5.74, 6) is -2.42. The van der Waals surface area contributed by atoms with E-state index in [0.29, 0.717) is 11.1 Å². The monoisotopic (exact) mass is 293 g/mol. The molecule has 0 saturated carbocycles. The van der Waals surface area contributed by atoms with Crippen LogP contribution in [0.25, 0.3) is 0 Å². The lowest BCUT2D eigenvalue weighted by Crippen LogP contribution is -2.15. The van der Waals surface area contributed by atoms with Crippen LogP contribution in [0.2, 0.25) is 0 Å². The van der Waals surface area contributed by atoms with Crippen LogP contribution in [-0.2, 0) is 0 Å². The molecule has 0 fully saturated rings. The highest BCUT2D eigenvalue weighted by Crippen LogP contribution is 2.28. The zero-order valence-electron chi connectivity index (χ0n) is 10.9. The molecule has 4 nitrogen and oxygen atoms in total. The second-order valence-electron chi connectivity index (χ2n) is 4.37. The Balaban J connectivity index is 2.33. The third-order valence-electron chi connectivity index (χ3n) is 2.78. The first-order valence-electron chi connectivity index (χ1n) is 5.79. The van der Waals surface area contributed by atoms with E-state index in [1.807, 2.05) is 0 Å². The third-order valence-corrected chi connectivity index (χ3v) is 3.86. The van der Waals surface area contributed by atoms with E-state index in [1.54, 1.807) is 25.3 Å². The number of hydrogen-bond acceptors (Lipinski definition) is 3. The van der Waals surface area contributed by atoms with Gasteiger partial charge in [0, 0.05) is 0 Å². The Hall–Kier alpha value is -2.21. The fraction of sp³-hybridized carbons (Fsp3) is 0.143. The van der Waals surface area contributed by atoms with Gasteiger partial charge in [0.2, 0.25) is 0 Å². The number of thiophene rings is 1. The van der Waals surface area contributed by atoms with Gasteiger partial charge in [0.15, 0.2) is 0 Å². The molecule has 0 spiro atoms. The number of halogens is 1.